The van der Waals surface area contributed by atoms with E-state index < -0.39 is 0 Å². The molecule has 0 aliphatic heterocycles. The van der Waals surface area contributed by atoms with Crippen LogP contribution in [0.15, 0.2) is 6.33 Å². The maximum atomic E-state index is 5.42. The van der Waals surface area contributed by atoms with Crippen LogP contribution in [0.25, 0.3) is 0 Å². The van der Waals surface area contributed by atoms with Gasteiger partial charge in [-0.25, -0.2) is 15.8 Å². The lowest BCUT2D eigenvalue weighted by molar-refractivity contribution is 0.836. The fourth-order valence-corrected chi connectivity index (χ4v) is 2.09. The summed E-state index contributed by atoms with van der Waals surface area (Å²) in [5, 5.41) is 3.34. The van der Waals surface area contributed by atoms with Crippen molar-refractivity contribution in [3.63, 3.8) is 0 Å². The SMILES string of the molecule is CCc1c(NN)ncnc1NCCCCSC. The number of hydrazine groups is 1. The number of nitrogens with one attached hydrogen (secondary N) is 2. The van der Waals surface area contributed by atoms with E-state index in [0.717, 1.165) is 30.8 Å². The lowest BCUT2D eigenvalue weighted by Gasteiger charge is -2.12. The highest BCUT2D eigenvalue weighted by Crippen LogP contribution is 2.19. The van der Waals surface area contributed by atoms with E-state index in [0.29, 0.717) is 5.82 Å². The fraction of sp³-hybridized carbons (Fsp3) is 0.636. The molecule has 0 unspecified atom stereocenters. The van der Waals surface area contributed by atoms with Gasteiger partial charge in [0.1, 0.15) is 18.0 Å². The molecule has 96 valence electrons. The number of unbranched alkanes of at least 4 members (excludes halogenated alkanes) is 1. The van der Waals surface area contributed by atoms with Crippen LogP contribution >= 0.6 is 11.8 Å². The van der Waals surface area contributed by atoms with E-state index in [1.54, 1.807) is 0 Å². The van der Waals surface area contributed by atoms with E-state index >= 15 is 0 Å². The smallest absolute Gasteiger partial charge is 0.148 e. The van der Waals surface area contributed by atoms with Crippen molar-refractivity contribution in [3.05, 3.63) is 11.9 Å². The normalized spacial score (nSPS) is 10.3. The van der Waals surface area contributed by atoms with Gasteiger partial charge in [-0.05, 0) is 31.3 Å². The number of aromatic nitrogens is 2. The Morgan fingerprint density at radius 2 is 2.06 bits per heavy atom. The third-order valence-corrected chi connectivity index (χ3v) is 3.20. The second-order valence-corrected chi connectivity index (χ2v) is 4.66. The molecule has 0 amide bonds. The van der Waals surface area contributed by atoms with E-state index in [-0.39, 0.29) is 0 Å². The number of nitrogens with two attached hydrogens (primary N) is 1. The predicted molar refractivity (Wildman–Crippen MR) is 75.3 cm³/mol. The molecule has 0 spiro atoms. The maximum Gasteiger partial charge on any atom is 0.148 e. The van der Waals surface area contributed by atoms with Crippen molar-refractivity contribution in [1.29, 1.82) is 0 Å². The molecule has 0 aliphatic rings. The van der Waals surface area contributed by atoms with E-state index in [9.17, 15) is 0 Å². The summed E-state index contributed by atoms with van der Waals surface area (Å²) in [6.07, 6.45) is 6.89. The number of thioether (sulfide) groups is 1. The third-order valence-electron chi connectivity index (χ3n) is 2.50. The van der Waals surface area contributed by atoms with Gasteiger partial charge in [0, 0.05) is 12.1 Å². The van der Waals surface area contributed by atoms with Crippen LogP contribution in [0.3, 0.4) is 0 Å². The number of anilines is 2. The van der Waals surface area contributed by atoms with Gasteiger partial charge in [0.25, 0.3) is 0 Å². The van der Waals surface area contributed by atoms with Gasteiger partial charge in [0.15, 0.2) is 0 Å². The molecule has 1 rings (SSSR count). The summed E-state index contributed by atoms with van der Waals surface area (Å²) in [4.78, 5) is 8.35. The van der Waals surface area contributed by atoms with Crippen LogP contribution in [0.5, 0.6) is 0 Å². The van der Waals surface area contributed by atoms with Crippen molar-refractivity contribution in [1.82, 2.24) is 9.97 Å². The van der Waals surface area contributed by atoms with Gasteiger partial charge in [-0.2, -0.15) is 11.8 Å². The minimum Gasteiger partial charge on any atom is -0.370 e. The molecule has 0 saturated heterocycles. The zero-order valence-corrected chi connectivity index (χ0v) is 11.3. The first-order valence-corrected chi connectivity index (χ1v) is 7.26. The van der Waals surface area contributed by atoms with E-state index in [4.69, 9.17) is 5.84 Å². The summed E-state index contributed by atoms with van der Waals surface area (Å²) < 4.78 is 0. The molecule has 1 aromatic rings. The minimum atomic E-state index is 0.703. The molecule has 4 N–H and O–H groups in total. The van der Waals surface area contributed by atoms with Gasteiger partial charge in [0.05, 0.1) is 0 Å². The van der Waals surface area contributed by atoms with Crippen LogP contribution in [0.1, 0.15) is 25.3 Å². The summed E-state index contributed by atoms with van der Waals surface area (Å²) in [5.74, 6) is 8.22. The molecule has 0 aliphatic carbocycles. The average Bonchev–Trinajstić information content (AvgIpc) is 2.38. The highest BCUT2D eigenvalue weighted by molar-refractivity contribution is 7.98. The van der Waals surface area contributed by atoms with E-state index in [2.05, 4.69) is 33.9 Å². The van der Waals surface area contributed by atoms with Crippen LogP contribution < -0.4 is 16.6 Å². The Bertz CT molecular complexity index is 332. The molecule has 0 atom stereocenters. The van der Waals surface area contributed by atoms with Gasteiger partial charge in [0.2, 0.25) is 0 Å². The quantitative estimate of drug-likeness (QED) is 0.374. The molecular formula is C11H21N5S. The van der Waals surface area contributed by atoms with Crippen LogP contribution in [-0.2, 0) is 6.42 Å². The number of hydrogen-bond donors (Lipinski definition) is 3. The summed E-state index contributed by atoms with van der Waals surface area (Å²) in [6, 6.07) is 0. The molecule has 1 heterocycles. The molecule has 0 saturated carbocycles. The van der Waals surface area contributed by atoms with Crippen molar-refractivity contribution in [2.75, 3.05) is 29.3 Å². The third kappa shape index (κ3) is 4.40. The van der Waals surface area contributed by atoms with Crippen LogP contribution in [0.2, 0.25) is 0 Å². The molecule has 0 aromatic carbocycles. The topological polar surface area (TPSA) is 75.9 Å². The van der Waals surface area contributed by atoms with Gasteiger partial charge in [-0.3, -0.25) is 0 Å². The van der Waals surface area contributed by atoms with E-state index in [1.807, 2.05) is 11.8 Å². The fourth-order valence-electron chi connectivity index (χ4n) is 1.60. The summed E-state index contributed by atoms with van der Waals surface area (Å²) in [7, 11) is 0. The molecular weight excluding hydrogens is 234 g/mol. The zero-order chi connectivity index (χ0) is 12.5. The Hall–Kier alpha value is -1.01. The molecule has 17 heavy (non-hydrogen) atoms. The molecule has 0 bridgehead atoms. The number of hydrogen-bond acceptors (Lipinski definition) is 6. The molecule has 0 radical (unpaired) electrons. The van der Waals surface area contributed by atoms with Gasteiger partial charge < -0.3 is 10.7 Å². The lowest BCUT2D eigenvalue weighted by Crippen LogP contribution is -2.14. The Labute approximate surface area is 107 Å². The Morgan fingerprint density at radius 1 is 1.29 bits per heavy atom. The second-order valence-electron chi connectivity index (χ2n) is 3.67. The number of rotatable bonds is 8. The molecule has 0 fully saturated rings. The van der Waals surface area contributed by atoms with Gasteiger partial charge >= 0.3 is 0 Å². The Morgan fingerprint density at radius 3 is 2.71 bits per heavy atom. The first kappa shape index (κ1) is 14.1. The Kier molecular flexibility index (Phi) is 6.73. The van der Waals surface area contributed by atoms with Gasteiger partial charge in [-0.1, -0.05) is 6.92 Å². The van der Waals surface area contributed by atoms with Crippen molar-refractivity contribution in [3.8, 4) is 0 Å². The minimum absolute atomic E-state index is 0.703. The standard InChI is InChI=1S/C11H21N5S/c1-3-9-10(13-6-4-5-7-17-2)14-8-15-11(9)16-12/h8H,3-7,12H2,1-2H3,(H2,13,14,15,16). The summed E-state index contributed by atoms with van der Waals surface area (Å²) in [5.41, 5.74) is 3.64. The average molecular weight is 255 g/mol. The highest BCUT2D eigenvalue weighted by atomic mass is 32.2. The Balaban J connectivity index is 2.52. The van der Waals surface area contributed by atoms with Gasteiger partial charge in [-0.15, -0.1) is 0 Å². The van der Waals surface area contributed by atoms with Crippen molar-refractivity contribution in [2.45, 2.75) is 26.2 Å². The molecule has 1 aromatic heterocycles. The first-order chi connectivity index (χ1) is 8.33. The molecule has 6 heteroatoms. The van der Waals surface area contributed by atoms with Crippen LogP contribution in [-0.4, -0.2) is 28.5 Å². The van der Waals surface area contributed by atoms with Crippen LogP contribution in [0, 0.1) is 0 Å². The monoisotopic (exact) mass is 255 g/mol. The highest BCUT2D eigenvalue weighted by Gasteiger charge is 2.07. The van der Waals surface area contributed by atoms with E-state index in [1.165, 1.54) is 18.5 Å². The molecule has 5 nitrogen and oxygen atoms in total. The van der Waals surface area contributed by atoms with Crippen molar-refractivity contribution >= 4 is 23.4 Å². The van der Waals surface area contributed by atoms with Crippen molar-refractivity contribution in [2.24, 2.45) is 5.84 Å². The zero-order valence-electron chi connectivity index (χ0n) is 10.5. The largest absolute Gasteiger partial charge is 0.370 e. The summed E-state index contributed by atoms with van der Waals surface area (Å²) in [6.45, 7) is 3.01. The van der Waals surface area contributed by atoms with Crippen LogP contribution in [0.4, 0.5) is 11.6 Å². The second kappa shape index (κ2) is 8.14. The lowest BCUT2D eigenvalue weighted by atomic mass is 10.2. The number of nitrogens with zero attached hydrogens (tertiary/aromatic N) is 2. The van der Waals surface area contributed by atoms with Crippen molar-refractivity contribution < 1.29 is 0 Å². The maximum absolute atomic E-state index is 5.42. The summed E-state index contributed by atoms with van der Waals surface area (Å²) >= 11 is 1.88. The first-order valence-electron chi connectivity index (χ1n) is 5.86. The predicted octanol–water partition coefficient (Wildman–Crippen LogP) is 1.88. The number of nitrogen functional groups attached to an aromatic ring is 1.